The molecule has 1 atom stereocenters. The van der Waals surface area contributed by atoms with E-state index >= 15 is 0 Å². The molecule has 2 aromatic rings. The van der Waals surface area contributed by atoms with E-state index in [0.717, 1.165) is 11.3 Å². The van der Waals surface area contributed by atoms with Gasteiger partial charge in [0.1, 0.15) is 0 Å². The number of para-hydroxylation sites is 1. The van der Waals surface area contributed by atoms with Gasteiger partial charge in [-0.1, -0.05) is 48.0 Å². The summed E-state index contributed by atoms with van der Waals surface area (Å²) in [4.78, 5) is 18.5. The van der Waals surface area contributed by atoms with E-state index in [1.165, 1.54) is 5.06 Å². The van der Waals surface area contributed by atoms with Crippen LogP contribution in [0.3, 0.4) is 0 Å². The first-order valence-electron chi connectivity index (χ1n) is 7.52. The third-order valence-corrected chi connectivity index (χ3v) is 4.38. The first-order valence-corrected chi connectivity index (χ1v) is 7.90. The third-order valence-electron chi connectivity index (χ3n) is 4.01. The van der Waals surface area contributed by atoms with Crippen LogP contribution in [0.25, 0.3) is 0 Å². The summed E-state index contributed by atoms with van der Waals surface area (Å²) in [6.45, 7) is 4.08. The Bertz CT molecular complexity index is 703. The van der Waals surface area contributed by atoms with Crippen LogP contribution in [0.5, 0.6) is 0 Å². The Morgan fingerprint density at radius 1 is 1.13 bits per heavy atom. The molecule has 3 rings (SSSR count). The molecule has 5 heteroatoms. The molecule has 0 saturated carbocycles. The Morgan fingerprint density at radius 2 is 1.78 bits per heavy atom. The molecule has 1 aliphatic rings. The van der Waals surface area contributed by atoms with E-state index < -0.39 is 11.6 Å². The number of anilines is 1. The Kier molecular flexibility index (Phi) is 4.28. The average molecular weight is 331 g/mol. The second kappa shape index (κ2) is 6.22. The van der Waals surface area contributed by atoms with Crippen molar-refractivity contribution < 1.29 is 9.63 Å². The number of carbonyl (C=O) groups is 1. The Morgan fingerprint density at radius 3 is 2.48 bits per heavy atom. The van der Waals surface area contributed by atoms with Crippen molar-refractivity contribution in [1.82, 2.24) is 5.06 Å². The smallest absolute Gasteiger partial charge is 0.256 e. The molecule has 1 N–H and O–H groups in total. The van der Waals surface area contributed by atoms with Crippen molar-refractivity contribution in [1.29, 1.82) is 0 Å². The SMILES string of the molecule is CC1(C)C(=O)N(Cc2ccccc2Cl)OC1Nc1ccccc1. The summed E-state index contributed by atoms with van der Waals surface area (Å²) >= 11 is 6.18. The summed E-state index contributed by atoms with van der Waals surface area (Å²) in [5.74, 6) is -0.0640. The van der Waals surface area contributed by atoms with Crippen molar-refractivity contribution >= 4 is 23.2 Å². The van der Waals surface area contributed by atoms with Crippen LogP contribution in [0.4, 0.5) is 5.69 Å². The van der Waals surface area contributed by atoms with Crippen LogP contribution in [-0.2, 0) is 16.2 Å². The summed E-state index contributed by atoms with van der Waals surface area (Å²) in [5.41, 5.74) is 1.11. The lowest BCUT2D eigenvalue weighted by Gasteiger charge is -2.22. The minimum atomic E-state index is -0.670. The normalized spacial score (nSPS) is 19.9. The molecule has 1 saturated heterocycles. The van der Waals surface area contributed by atoms with E-state index in [-0.39, 0.29) is 5.91 Å². The van der Waals surface area contributed by atoms with Gasteiger partial charge < -0.3 is 5.32 Å². The van der Waals surface area contributed by atoms with Crippen LogP contribution in [0.1, 0.15) is 19.4 Å². The van der Waals surface area contributed by atoms with Gasteiger partial charge in [0.2, 0.25) is 0 Å². The van der Waals surface area contributed by atoms with Gasteiger partial charge >= 0.3 is 0 Å². The van der Waals surface area contributed by atoms with E-state index in [1.807, 2.05) is 68.4 Å². The van der Waals surface area contributed by atoms with Crippen LogP contribution < -0.4 is 5.32 Å². The lowest BCUT2D eigenvalue weighted by molar-refractivity contribution is -0.173. The van der Waals surface area contributed by atoms with Crippen molar-refractivity contribution in [2.24, 2.45) is 5.41 Å². The molecule has 0 aromatic heterocycles. The number of nitrogens with one attached hydrogen (secondary N) is 1. The molecule has 0 spiro atoms. The van der Waals surface area contributed by atoms with E-state index in [1.54, 1.807) is 0 Å². The van der Waals surface area contributed by atoms with Crippen molar-refractivity contribution in [2.45, 2.75) is 26.6 Å². The molecule has 0 aliphatic carbocycles. The monoisotopic (exact) mass is 330 g/mol. The zero-order valence-corrected chi connectivity index (χ0v) is 13.9. The van der Waals surface area contributed by atoms with Gasteiger partial charge in [-0.05, 0) is 37.6 Å². The zero-order valence-electron chi connectivity index (χ0n) is 13.1. The fourth-order valence-corrected chi connectivity index (χ4v) is 2.72. The van der Waals surface area contributed by atoms with Gasteiger partial charge in [-0.25, -0.2) is 9.90 Å². The number of nitrogens with zero attached hydrogens (tertiary/aromatic N) is 1. The first-order chi connectivity index (χ1) is 11.0. The summed E-state index contributed by atoms with van der Waals surface area (Å²) in [6, 6.07) is 17.2. The maximum absolute atomic E-state index is 12.7. The van der Waals surface area contributed by atoms with Crippen molar-refractivity contribution in [3.63, 3.8) is 0 Å². The van der Waals surface area contributed by atoms with Gasteiger partial charge in [-0.15, -0.1) is 0 Å². The standard InChI is InChI=1S/C18H19ClN2O2/c1-18(2)16(20-14-9-4-3-5-10-14)23-21(17(18)22)12-13-8-6-7-11-15(13)19/h3-11,16,20H,12H2,1-2H3. The summed E-state index contributed by atoms with van der Waals surface area (Å²) in [6.07, 6.45) is -0.431. The molecule has 1 unspecified atom stereocenters. The van der Waals surface area contributed by atoms with Crippen LogP contribution in [0, 0.1) is 5.41 Å². The molecule has 0 bridgehead atoms. The van der Waals surface area contributed by atoms with Gasteiger partial charge in [0.25, 0.3) is 5.91 Å². The van der Waals surface area contributed by atoms with E-state index in [0.29, 0.717) is 11.6 Å². The number of carbonyl (C=O) groups excluding carboxylic acids is 1. The van der Waals surface area contributed by atoms with E-state index in [2.05, 4.69) is 5.32 Å². The minimum absolute atomic E-state index is 0.0640. The predicted molar refractivity (Wildman–Crippen MR) is 90.7 cm³/mol. The van der Waals surface area contributed by atoms with Crippen LogP contribution >= 0.6 is 11.6 Å². The molecular formula is C18H19ClN2O2. The van der Waals surface area contributed by atoms with E-state index in [4.69, 9.17) is 16.4 Å². The molecule has 1 aliphatic heterocycles. The quantitative estimate of drug-likeness (QED) is 0.918. The molecule has 4 nitrogen and oxygen atoms in total. The van der Waals surface area contributed by atoms with Gasteiger partial charge in [0.15, 0.2) is 6.23 Å². The maximum Gasteiger partial charge on any atom is 0.256 e. The number of hydrogen-bond donors (Lipinski definition) is 1. The fourth-order valence-electron chi connectivity index (χ4n) is 2.52. The number of rotatable bonds is 4. The molecule has 2 aromatic carbocycles. The zero-order chi connectivity index (χ0) is 16.4. The van der Waals surface area contributed by atoms with E-state index in [9.17, 15) is 4.79 Å². The molecule has 1 heterocycles. The highest BCUT2D eigenvalue weighted by Crippen LogP contribution is 2.36. The number of benzene rings is 2. The topological polar surface area (TPSA) is 41.6 Å². The van der Waals surface area contributed by atoms with Crippen LogP contribution in [0.2, 0.25) is 5.02 Å². The molecule has 120 valence electrons. The van der Waals surface area contributed by atoms with Crippen LogP contribution in [0.15, 0.2) is 54.6 Å². The Hall–Kier alpha value is -2.04. The second-order valence-electron chi connectivity index (χ2n) is 6.15. The van der Waals surface area contributed by atoms with Crippen molar-refractivity contribution in [3.05, 3.63) is 65.2 Å². The van der Waals surface area contributed by atoms with Gasteiger partial charge in [-0.2, -0.15) is 0 Å². The highest BCUT2D eigenvalue weighted by Gasteiger charge is 2.49. The number of amides is 1. The summed E-state index contributed by atoms with van der Waals surface area (Å²) < 4.78 is 0. The van der Waals surface area contributed by atoms with Crippen molar-refractivity contribution in [3.8, 4) is 0 Å². The minimum Gasteiger partial charge on any atom is -0.357 e. The lowest BCUT2D eigenvalue weighted by Crippen LogP contribution is -2.36. The molecule has 1 amide bonds. The lowest BCUT2D eigenvalue weighted by atomic mass is 9.90. The molecule has 23 heavy (non-hydrogen) atoms. The third kappa shape index (κ3) is 3.19. The maximum atomic E-state index is 12.7. The largest absolute Gasteiger partial charge is 0.357 e. The van der Waals surface area contributed by atoms with Gasteiger partial charge in [0.05, 0.1) is 12.0 Å². The second-order valence-corrected chi connectivity index (χ2v) is 6.56. The number of hydroxylamine groups is 2. The average Bonchev–Trinajstić information content (AvgIpc) is 2.74. The molecule has 0 radical (unpaired) electrons. The van der Waals surface area contributed by atoms with Crippen molar-refractivity contribution in [2.75, 3.05) is 5.32 Å². The number of halogens is 1. The summed E-state index contributed by atoms with van der Waals surface area (Å²) in [5, 5.41) is 5.29. The Balaban J connectivity index is 1.77. The first kappa shape index (κ1) is 15.8. The summed E-state index contributed by atoms with van der Waals surface area (Å²) in [7, 11) is 0. The van der Waals surface area contributed by atoms with Gasteiger partial charge in [0, 0.05) is 10.7 Å². The highest BCUT2D eigenvalue weighted by atomic mass is 35.5. The predicted octanol–water partition coefficient (Wildman–Crippen LogP) is 4.08. The van der Waals surface area contributed by atoms with Gasteiger partial charge in [-0.3, -0.25) is 4.79 Å². The molecule has 1 fully saturated rings. The molecular weight excluding hydrogens is 312 g/mol. The fraction of sp³-hybridized carbons (Fsp3) is 0.278. The Labute approximate surface area is 141 Å². The highest BCUT2D eigenvalue weighted by molar-refractivity contribution is 6.31. The number of hydrogen-bond acceptors (Lipinski definition) is 3. The van der Waals surface area contributed by atoms with Crippen LogP contribution in [-0.4, -0.2) is 17.2 Å².